The first-order valence-corrected chi connectivity index (χ1v) is 11.4. The lowest BCUT2D eigenvalue weighted by molar-refractivity contribution is -0.144. The van der Waals surface area contributed by atoms with E-state index in [4.69, 9.17) is 16.3 Å². The monoisotopic (exact) mass is 442 g/mol. The quantitative estimate of drug-likeness (QED) is 0.576. The van der Waals surface area contributed by atoms with Gasteiger partial charge in [0.05, 0.1) is 29.8 Å². The summed E-state index contributed by atoms with van der Waals surface area (Å²) < 4.78 is 5.23. The van der Waals surface area contributed by atoms with Gasteiger partial charge in [-0.05, 0) is 69.3 Å². The number of hydrogen-bond acceptors (Lipinski definition) is 4. The van der Waals surface area contributed by atoms with Crippen LogP contribution in [0.15, 0.2) is 54.6 Å². The Kier molecular flexibility index (Phi) is 8.50. The molecule has 1 aliphatic heterocycles. The van der Waals surface area contributed by atoms with E-state index >= 15 is 0 Å². The van der Waals surface area contributed by atoms with Crippen LogP contribution >= 0.6 is 11.6 Å². The molecule has 1 amide bonds. The molecular weight excluding hydrogens is 412 g/mol. The van der Waals surface area contributed by atoms with Crippen molar-refractivity contribution in [2.24, 2.45) is 5.92 Å². The zero-order chi connectivity index (χ0) is 22.2. The van der Waals surface area contributed by atoms with Crippen LogP contribution in [0.4, 0.5) is 5.69 Å². The maximum Gasteiger partial charge on any atom is 0.306 e. The highest BCUT2D eigenvalue weighted by Crippen LogP contribution is 2.36. The SMILES string of the molecule is CCOC(=O)C[C@@H](c1ccccc1)C1CCN([C@H](C)C(=O)Nc2ccccc2Cl)CC1. The molecule has 0 unspecified atom stereocenters. The normalized spacial score (nSPS) is 17.0. The molecule has 2 atom stereocenters. The first-order chi connectivity index (χ1) is 15.0. The number of rotatable bonds is 8. The molecule has 0 spiro atoms. The summed E-state index contributed by atoms with van der Waals surface area (Å²) in [6.45, 7) is 5.79. The third-order valence-electron chi connectivity index (χ3n) is 6.12. The van der Waals surface area contributed by atoms with Crippen molar-refractivity contribution in [3.8, 4) is 0 Å². The summed E-state index contributed by atoms with van der Waals surface area (Å²) in [6.07, 6.45) is 2.26. The third kappa shape index (κ3) is 6.31. The van der Waals surface area contributed by atoms with Gasteiger partial charge in [-0.3, -0.25) is 14.5 Å². The lowest BCUT2D eigenvalue weighted by Crippen LogP contribution is -2.46. The lowest BCUT2D eigenvalue weighted by atomic mass is 9.78. The van der Waals surface area contributed by atoms with Gasteiger partial charge in [0.25, 0.3) is 0 Å². The zero-order valence-electron chi connectivity index (χ0n) is 18.2. The summed E-state index contributed by atoms with van der Waals surface area (Å²) in [5, 5.41) is 3.47. The van der Waals surface area contributed by atoms with Gasteiger partial charge in [0.1, 0.15) is 0 Å². The Morgan fingerprint density at radius 2 is 1.74 bits per heavy atom. The van der Waals surface area contributed by atoms with Crippen LogP contribution in [0.2, 0.25) is 5.02 Å². The molecule has 1 heterocycles. The molecule has 6 heteroatoms. The number of nitrogens with zero attached hydrogens (tertiary/aromatic N) is 1. The van der Waals surface area contributed by atoms with Crippen molar-refractivity contribution in [3.63, 3.8) is 0 Å². The van der Waals surface area contributed by atoms with E-state index in [2.05, 4.69) is 22.3 Å². The number of ether oxygens (including phenoxy) is 1. The van der Waals surface area contributed by atoms with Crippen LogP contribution in [0, 0.1) is 5.92 Å². The molecule has 166 valence electrons. The molecule has 1 saturated heterocycles. The number of para-hydroxylation sites is 1. The minimum atomic E-state index is -0.252. The van der Waals surface area contributed by atoms with Gasteiger partial charge in [0.2, 0.25) is 5.91 Å². The number of carbonyl (C=O) groups is 2. The Morgan fingerprint density at radius 1 is 1.10 bits per heavy atom. The molecule has 5 nitrogen and oxygen atoms in total. The number of likely N-dealkylation sites (tertiary alicyclic amines) is 1. The van der Waals surface area contributed by atoms with Gasteiger partial charge < -0.3 is 10.1 Å². The first kappa shape index (κ1) is 23.3. The Morgan fingerprint density at radius 3 is 2.39 bits per heavy atom. The van der Waals surface area contributed by atoms with Crippen molar-refractivity contribution in [2.75, 3.05) is 25.0 Å². The molecule has 2 aromatic carbocycles. The second-order valence-corrected chi connectivity index (χ2v) is 8.45. The number of hydrogen-bond donors (Lipinski definition) is 1. The topological polar surface area (TPSA) is 58.6 Å². The summed E-state index contributed by atoms with van der Waals surface area (Å²) >= 11 is 6.17. The van der Waals surface area contributed by atoms with Gasteiger partial charge in [-0.15, -0.1) is 0 Å². The highest BCUT2D eigenvalue weighted by Gasteiger charge is 2.32. The number of halogens is 1. The number of carbonyl (C=O) groups excluding carboxylic acids is 2. The van der Waals surface area contributed by atoms with Crippen molar-refractivity contribution in [2.45, 2.75) is 45.1 Å². The van der Waals surface area contributed by atoms with Gasteiger partial charge in [0, 0.05) is 0 Å². The smallest absolute Gasteiger partial charge is 0.306 e. The summed E-state index contributed by atoms with van der Waals surface area (Å²) in [7, 11) is 0. The summed E-state index contributed by atoms with van der Waals surface area (Å²) in [5.74, 6) is 0.306. The second kappa shape index (κ2) is 11.3. The fraction of sp³-hybridized carbons (Fsp3) is 0.440. The van der Waals surface area contributed by atoms with E-state index in [1.54, 1.807) is 12.1 Å². The van der Waals surface area contributed by atoms with Gasteiger partial charge in [-0.2, -0.15) is 0 Å². The average molecular weight is 443 g/mol. The van der Waals surface area contributed by atoms with E-state index in [1.165, 1.54) is 5.56 Å². The van der Waals surface area contributed by atoms with Crippen LogP contribution < -0.4 is 5.32 Å². The predicted molar refractivity (Wildman–Crippen MR) is 124 cm³/mol. The van der Waals surface area contributed by atoms with Crippen LogP contribution in [-0.2, 0) is 14.3 Å². The second-order valence-electron chi connectivity index (χ2n) is 8.04. The van der Waals surface area contributed by atoms with E-state index in [0.29, 0.717) is 29.7 Å². The summed E-state index contributed by atoms with van der Waals surface area (Å²) in [4.78, 5) is 27.2. The zero-order valence-corrected chi connectivity index (χ0v) is 19.0. The first-order valence-electron chi connectivity index (χ1n) is 11.0. The lowest BCUT2D eigenvalue weighted by Gasteiger charge is -2.38. The van der Waals surface area contributed by atoms with E-state index < -0.39 is 0 Å². The number of piperidine rings is 1. The van der Waals surface area contributed by atoms with Gasteiger partial charge in [-0.25, -0.2) is 0 Å². The molecule has 3 rings (SSSR count). The highest BCUT2D eigenvalue weighted by molar-refractivity contribution is 6.33. The number of amides is 1. The molecule has 1 fully saturated rings. The molecule has 1 N–H and O–H groups in total. The maximum absolute atomic E-state index is 12.7. The largest absolute Gasteiger partial charge is 0.466 e. The van der Waals surface area contributed by atoms with Gasteiger partial charge >= 0.3 is 5.97 Å². The number of benzene rings is 2. The van der Waals surface area contributed by atoms with E-state index in [-0.39, 0.29) is 23.8 Å². The molecule has 0 aromatic heterocycles. The minimum Gasteiger partial charge on any atom is -0.466 e. The third-order valence-corrected chi connectivity index (χ3v) is 6.45. The molecular formula is C25H31ClN2O3. The Bertz CT molecular complexity index is 866. The molecule has 31 heavy (non-hydrogen) atoms. The standard InChI is InChI=1S/C25H31ClN2O3/c1-3-31-24(29)17-21(19-9-5-4-6-10-19)20-13-15-28(16-14-20)18(2)25(30)27-23-12-8-7-11-22(23)26/h4-12,18,20-21H,3,13-17H2,1-2H3,(H,27,30)/t18-,21+/m1/s1. The number of nitrogens with one attached hydrogen (secondary N) is 1. The Balaban J connectivity index is 1.61. The van der Waals surface area contributed by atoms with Crippen LogP contribution in [0.1, 0.15) is 44.6 Å². The van der Waals surface area contributed by atoms with Crippen LogP contribution in [0.5, 0.6) is 0 Å². The van der Waals surface area contributed by atoms with Crippen molar-refractivity contribution in [1.82, 2.24) is 4.90 Å². The number of esters is 1. The molecule has 0 bridgehead atoms. The van der Waals surface area contributed by atoms with E-state index in [1.807, 2.05) is 44.2 Å². The summed E-state index contributed by atoms with van der Waals surface area (Å²) in [6, 6.07) is 17.2. The molecule has 1 aliphatic rings. The fourth-order valence-electron chi connectivity index (χ4n) is 4.33. The summed E-state index contributed by atoms with van der Waals surface area (Å²) in [5.41, 5.74) is 1.81. The molecule has 0 saturated carbocycles. The Hall–Kier alpha value is -2.37. The molecule has 2 aromatic rings. The average Bonchev–Trinajstić information content (AvgIpc) is 2.79. The minimum absolute atomic E-state index is 0.0577. The number of anilines is 1. The molecule has 0 radical (unpaired) electrons. The van der Waals surface area contributed by atoms with E-state index in [0.717, 1.165) is 25.9 Å². The van der Waals surface area contributed by atoms with Crippen molar-refractivity contribution in [1.29, 1.82) is 0 Å². The predicted octanol–water partition coefficient (Wildman–Crippen LogP) is 5.12. The van der Waals surface area contributed by atoms with Crippen molar-refractivity contribution >= 4 is 29.2 Å². The van der Waals surface area contributed by atoms with E-state index in [9.17, 15) is 9.59 Å². The fourth-order valence-corrected chi connectivity index (χ4v) is 4.51. The van der Waals surface area contributed by atoms with Crippen molar-refractivity contribution in [3.05, 3.63) is 65.2 Å². The van der Waals surface area contributed by atoms with Crippen molar-refractivity contribution < 1.29 is 14.3 Å². The van der Waals surface area contributed by atoms with Crippen LogP contribution in [-0.4, -0.2) is 42.5 Å². The maximum atomic E-state index is 12.7. The van der Waals surface area contributed by atoms with Gasteiger partial charge in [-0.1, -0.05) is 54.1 Å². The van der Waals surface area contributed by atoms with Gasteiger partial charge in [0.15, 0.2) is 0 Å². The van der Waals surface area contributed by atoms with Crippen LogP contribution in [0.25, 0.3) is 0 Å². The highest BCUT2D eigenvalue weighted by atomic mass is 35.5. The Labute approximate surface area is 189 Å². The van der Waals surface area contributed by atoms with Crippen LogP contribution in [0.3, 0.4) is 0 Å². The molecule has 0 aliphatic carbocycles.